The van der Waals surface area contributed by atoms with E-state index in [1.54, 1.807) is 6.92 Å². The molecule has 0 heterocycles. The largest absolute Gasteiger partial charge is 0.359 e. The third-order valence-corrected chi connectivity index (χ3v) is 2.80. The van der Waals surface area contributed by atoms with Gasteiger partial charge in [-0.25, -0.2) is 4.39 Å². The second kappa shape index (κ2) is 6.08. The predicted molar refractivity (Wildman–Crippen MR) is 60.9 cm³/mol. The average molecular weight is 291 g/mol. The van der Waals surface area contributed by atoms with Crippen LogP contribution in [0.5, 0.6) is 0 Å². The molecule has 0 radical (unpaired) electrons. The second-order valence-corrected chi connectivity index (χ2v) is 4.08. The standard InChI is InChI=1S/C11H12BrFO3/c1-7(16-6-15-2)9-4-11(13)8(5-14)3-10(9)12/h3-5,7H,6H2,1-2H3/t7-/m0/s1. The summed E-state index contributed by atoms with van der Waals surface area (Å²) in [7, 11) is 1.51. The Morgan fingerprint density at radius 3 is 2.81 bits per heavy atom. The summed E-state index contributed by atoms with van der Waals surface area (Å²) in [6, 6.07) is 2.72. The molecule has 1 rings (SSSR count). The molecule has 0 spiro atoms. The first-order chi connectivity index (χ1) is 7.60. The lowest BCUT2D eigenvalue weighted by molar-refractivity contribution is -0.0669. The maximum Gasteiger partial charge on any atom is 0.153 e. The van der Waals surface area contributed by atoms with Gasteiger partial charge in [0, 0.05) is 11.6 Å². The molecule has 88 valence electrons. The van der Waals surface area contributed by atoms with Crippen molar-refractivity contribution in [2.24, 2.45) is 0 Å². The van der Waals surface area contributed by atoms with Crippen molar-refractivity contribution in [3.8, 4) is 0 Å². The molecule has 1 aromatic carbocycles. The zero-order valence-corrected chi connectivity index (χ0v) is 10.6. The number of rotatable bonds is 5. The van der Waals surface area contributed by atoms with Crippen molar-refractivity contribution < 1.29 is 18.7 Å². The highest BCUT2D eigenvalue weighted by atomic mass is 79.9. The van der Waals surface area contributed by atoms with Gasteiger partial charge < -0.3 is 9.47 Å². The lowest BCUT2D eigenvalue weighted by atomic mass is 10.1. The van der Waals surface area contributed by atoms with Gasteiger partial charge in [0.05, 0.1) is 11.7 Å². The normalized spacial score (nSPS) is 12.5. The molecular formula is C11H12BrFO3. The number of carbonyl (C=O) groups is 1. The first-order valence-corrected chi connectivity index (χ1v) is 5.44. The van der Waals surface area contributed by atoms with E-state index in [-0.39, 0.29) is 18.5 Å². The van der Waals surface area contributed by atoms with Crippen molar-refractivity contribution in [2.75, 3.05) is 13.9 Å². The van der Waals surface area contributed by atoms with Crippen molar-refractivity contribution in [3.63, 3.8) is 0 Å². The molecule has 0 fully saturated rings. The summed E-state index contributed by atoms with van der Waals surface area (Å²) in [6.07, 6.45) is 0.161. The molecule has 0 bridgehead atoms. The number of aldehydes is 1. The number of hydrogen-bond donors (Lipinski definition) is 0. The fourth-order valence-corrected chi connectivity index (χ4v) is 1.92. The number of benzene rings is 1. The van der Waals surface area contributed by atoms with Crippen LogP contribution in [0.25, 0.3) is 0 Å². The van der Waals surface area contributed by atoms with Crippen LogP contribution in [0.1, 0.15) is 28.9 Å². The average Bonchev–Trinajstić information content (AvgIpc) is 2.28. The fourth-order valence-electron chi connectivity index (χ4n) is 1.24. The zero-order chi connectivity index (χ0) is 12.1. The summed E-state index contributed by atoms with van der Waals surface area (Å²) >= 11 is 3.27. The molecule has 0 aromatic heterocycles. The van der Waals surface area contributed by atoms with E-state index in [2.05, 4.69) is 15.9 Å². The highest BCUT2D eigenvalue weighted by Crippen LogP contribution is 2.28. The van der Waals surface area contributed by atoms with Crippen molar-refractivity contribution in [2.45, 2.75) is 13.0 Å². The zero-order valence-electron chi connectivity index (χ0n) is 9.00. The third kappa shape index (κ3) is 3.10. The van der Waals surface area contributed by atoms with Gasteiger partial charge in [0.25, 0.3) is 0 Å². The molecule has 0 unspecified atom stereocenters. The minimum absolute atomic E-state index is 0.0227. The highest BCUT2D eigenvalue weighted by molar-refractivity contribution is 9.10. The first-order valence-electron chi connectivity index (χ1n) is 4.64. The molecule has 0 aliphatic heterocycles. The summed E-state index contributed by atoms with van der Waals surface area (Å²) in [5, 5.41) is 0. The smallest absolute Gasteiger partial charge is 0.153 e. The van der Waals surface area contributed by atoms with Gasteiger partial charge >= 0.3 is 0 Å². The Morgan fingerprint density at radius 2 is 2.25 bits per heavy atom. The first kappa shape index (κ1) is 13.3. The lowest BCUT2D eigenvalue weighted by Gasteiger charge is -2.15. The number of ether oxygens (including phenoxy) is 2. The van der Waals surface area contributed by atoms with Gasteiger partial charge in [0.15, 0.2) is 6.29 Å². The third-order valence-electron chi connectivity index (χ3n) is 2.12. The van der Waals surface area contributed by atoms with E-state index < -0.39 is 5.82 Å². The van der Waals surface area contributed by atoms with E-state index in [1.165, 1.54) is 19.2 Å². The van der Waals surface area contributed by atoms with Crippen LogP contribution in [0, 0.1) is 5.82 Å². The maximum absolute atomic E-state index is 13.4. The van der Waals surface area contributed by atoms with Gasteiger partial charge in [0.1, 0.15) is 12.6 Å². The molecule has 0 N–H and O–H groups in total. The van der Waals surface area contributed by atoms with Gasteiger partial charge in [0.2, 0.25) is 0 Å². The molecule has 0 saturated heterocycles. The van der Waals surface area contributed by atoms with Crippen LogP contribution >= 0.6 is 15.9 Å². The summed E-state index contributed by atoms with van der Waals surface area (Å²) in [5.41, 5.74) is 0.662. The molecule has 1 atom stereocenters. The second-order valence-electron chi connectivity index (χ2n) is 3.23. The van der Waals surface area contributed by atoms with Crippen LogP contribution in [0.15, 0.2) is 16.6 Å². The van der Waals surface area contributed by atoms with Crippen molar-refractivity contribution >= 4 is 22.2 Å². The number of methoxy groups -OCH3 is 1. The summed E-state index contributed by atoms with van der Waals surface area (Å²) < 4.78 is 24.1. The lowest BCUT2D eigenvalue weighted by Crippen LogP contribution is -2.05. The monoisotopic (exact) mass is 290 g/mol. The summed E-state index contributed by atoms with van der Waals surface area (Å²) in [5.74, 6) is -0.555. The minimum Gasteiger partial charge on any atom is -0.359 e. The molecule has 0 aliphatic rings. The van der Waals surface area contributed by atoms with E-state index in [1.807, 2.05) is 0 Å². The molecule has 0 aliphatic carbocycles. The topological polar surface area (TPSA) is 35.5 Å². The Hall–Kier alpha value is -0.780. The van der Waals surface area contributed by atoms with Crippen molar-refractivity contribution in [1.29, 1.82) is 0 Å². The SMILES string of the molecule is COCO[C@@H](C)c1cc(F)c(C=O)cc1Br. The van der Waals surface area contributed by atoms with Gasteiger partial charge in [-0.15, -0.1) is 0 Å². The van der Waals surface area contributed by atoms with Crippen LogP contribution in [0.3, 0.4) is 0 Å². The molecule has 16 heavy (non-hydrogen) atoms. The van der Waals surface area contributed by atoms with Crippen LogP contribution in [0.2, 0.25) is 0 Å². The summed E-state index contributed by atoms with van der Waals surface area (Å²) in [4.78, 5) is 10.5. The Balaban J connectivity index is 2.96. The molecule has 3 nitrogen and oxygen atoms in total. The molecule has 5 heteroatoms. The molecule has 1 aromatic rings. The highest BCUT2D eigenvalue weighted by Gasteiger charge is 2.13. The quantitative estimate of drug-likeness (QED) is 0.618. The Morgan fingerprint density at radius 1 is 1.56 bits per heavy atom. The van der Waals surface area contributed by atoms with Crippen LogP contribution in [-0.2, 0) is 9.47 Å². The maximum atomic E-state index is 13.4. The van der Waals surface area contributed by atoms with Crippen LogP contribution in [0.4, 0.5) is 4.39 Å². The van der Waals surface area contributed by atoms with Gasteiger partial charge in [-0.1, -0.05) is 15.9 Å². The predicted octanol–water partition coefficient (Wildman–Crippen LogP) is 3.08. The van der Waals surface area contributed by atoms with E-state index in [0.29, 0.717) is 16.3 Å². The number of halogens is 2. The molecular weight excluding hydrogens is 279 g/mol. The number of hydrogen-bond acceptors (Lipinski definition) is 3. The molecule has 0 saturated carbocycles. The Kier molecular flexibility index (Phi) is 5.05. The van der Waals surface area contributed by atoms with E-state index in [4.69, 9.17) is 9.47 Å². The van der Waals surface area contributed by atoms with E-state index in [9.17, 15) is 9.18 Å². The summed E-state index contributed by atoms with van der Waals surface area (Å²) in [6.45, 7) is 1.91. The Bertz CT molecular complexity index is 382. The number of carbonyl (C=O) groups excluding carboxylic acids is 1. The van der Waals surface area contributed by atoms with Gasteiger partial charge in [-0.3, -0.25) is 4.79 Å². The van der Waals surface area contributed by atoms with Gasteiger partial charge in [-0.2, -0.15) is 0 Å². The van der Waals surface area contributed by atoms with Crippen LogP contribution < -0.4 is 0 Å². The van der Waals surface area contributed by atoms with Crippen molar-refractivity contribution in [1.82, 2.24) is 0 Å². The Labute approximate surface area is 102 Å². The van der Waals surface area contributed by atoms with Crippen molar-refractivity contribution in [3.05, 3.63) is 33.5 Å². The van der Waals surface area contributed by atoms with Gasteiger partial charge in [-0.05, 0) is 24.6 Å². The fraction of sp³-hybridized carbons (Fsp3) is 0.364. The van der Waals surface area contributed by atoms with E-state index in [0.717, 1.165) is 0 Å². The van der Waals surface area contributed by atoms with Crippen LogP contribution in [-0.4, -0.2) is 20.2 Å². The van der Waals surface area contributed by atoms with E-state index >= 15 is 0 Å². The minimum atomic E-state index is -0.555. The molecule has 0 amide bonds.